The third-order valence-corrected chi connectivity index (χ3v) is 2.08. The van der Waals surface area contributed by atoms with Crippen LogP contribution in [-0.2, 0) is 4.79 Å². The van der Waals surface area contributed by atoms with Crippen LogP contribution in [0.15, 0.2) is 0 Å². The van der Waals surface area contributed by atoms with Gasteiger partial charge >= 0.3 is 5.97 Å². The van der Waals surface area contributed by atoms with Gasteiger partial charge in [0.1, 0.15) is 6.04 Å². The summed E-state index contributed by atoms with van der Waals surface area (Å²) in [4.78, 5) is 10.5. The molecule has 2 unspecified atom stereocenters. The number of carboxylic acid groups (broad SMARTS) is 1. The molecule has 1 rings (SSSR count). The van der Waals surface area contributed by atoms with Crippen molar-refractivity contribution in [3.63, 3.8) is 0 Å². The fraction of sp³-hybridized carbons (Fsp3) is 0.857. The first kappa shape index (κ1) is 9.44. The smallest absolute Gasteiger partial charge is 0.320 e. The standard InChI is InChI=1S/C7H13NO4/c9-6(10)4-2-1-3-5(8-4)7(11)12/h4-6,8-10H,1-3H2,(H,11,12). The lowest BCUT2D eigenvalue weighted by Gasteiger charge is -2.29. The molecule has 0 amide bonds. The van der Waals surface area contributed by atoms with Crippen molar-refractivity contribution in [3.8, 4) is 0 Å². The SMILES string of the molecule is O=C(O)C1CCCC(C(O)O)N1. The van der Waals surface area contributed by atoms with Crippen molar-refractivity contribution in [3.05, 3.63) is 0 Å². The average Bonchev–Trinajstić information content (AvgIpc) is 2.04. The van der Waals surface area contributed by atoms with Crippen LogP contribution in [0.4, 0.5) is 0 Å². The first-order chi connectivity index (χ1) is 5.61. The van der Waals surface area contributed by atoms with Crippen LogP contribution in [0.2, 0.25) is 0 Å². The van der Waals surface area contributed by atoms with E-state index in [9.17, 15) is 4.79 Å². The summed E-state index contributed by atoms with van der Waals surface area (Å²) in [5.74, 6) is -0.930. The Kier molecular flexibility index (Phi) is 3.02. The van der Waals surface area contributed by atoms with E-state index in [2.05, 4.69) is 5.32 Å². The Morgan fingerprint density at radius 1 is 1.42 bits per heavy atom. The highest BCUT2D eigenvalue weighted by molar-refractivity contribution is 5.73. The zero-order valence-corrected chi connectivity index (χ0v) is 6.60. The summed E-state index contributed by atoms with van der Waals surface area (Å²) in [7, 11) is 0. The molecular formula is C7H13NO4. The van der Waals surface area contributed by atoms with Gasteiger partial charge in [0.15, 0.2) is 6.29 Å². The third kappa shape index (κ3) is 2.17. The van der Waals surface area contributed by atoms with Crippen molar-refractivity contribution in [2.75, 3.05) is 0 Å². The molecule has 1 aliphatic heterocycles. The molecular weight excluding hydrogens is 162 g/mol. The Balaban J connectivity index is 2.46. The molecule has 0 saturated carbocycles. The lowest BCUT2D eigenvalue weighted by molar-refractivity contribution is -0.142. The number of carbonyl (C=O) groups is 1. The molecule has 0 aromatic rings. The van der Waals surface area contributed by atoms with E-state index in [1.54, 1.807) is 0 Å². The number of carboxylic acids is 1. The van der Waals surface area contributed by atoms with E-state index in [1.165, 1.54) is 0 Å². The van der Waals surface area contributed by atoms with Gasteiger partial charge in [-0.1, -0.05) is 0 Å². The monoisotopic (exact) mass is 175 g/mol. The maximum absolute atomic E-state index is 10.5. The fourth-order valence-corrected chi connectivity index (χ4v) is 1.40. The Morgan fingerprint density at radius 2 is 2.08 bits per heavy atom. The number of piperidine rings is 1. The lowest BCUT2D eigenvalue weighted by atomic mass is 9.98. The fourth-order valence-electron chi connectivity index (χ4n) is 1.40. The minimum Gasteiger partial charge on any atom is -0.480 e. The highest BCUT2D eigenvalue weighted by atomic mass is 16.5. The van der Waals surface area contributed by atoms with E-state index in [0.29, 0.717) is 19.3 Å². The molecule has 70 valence electrons. The molecule has 4 N–H and O–H groups in total. The second-order valence-electron chi connectivity index (χ2n) is 3.01. The van der Waals surface area contributed by atoms with Crippen LogP contribution in [0.1, 0.15) is 19.3 Å². The summed E-state index contributed by atoms with van der Waals surface area (Å²) in [6.45, 7) is 0. The van der Waals surface area contributed by atoms with E-state index >= 15 is 0 Å². The number of aliphatic hydroxyl groups is 2. The predicted octanol–water partition coefficient (Wildman–Crippen LogP) is -1.11. The Hall–Kier alpha value is -0.650. The average molecular weight is 175 g/mol. The van der Waals surface area contributed by atoms with E-state index in [0.717, 1.165) is 0 Å². The van der Waals surface area contributed by atoms with Gasteiger partial charge in [0, 0.05) is 0 Å². The van der Waals surface area contributed by atoms with E-state index in [4.69, 9.17) is 15.3 Å². The Morgan fingerprint density at radius 3 is 2.58 bits per heavy atom. The number of hydrogen-bond donors (Lipinski definition) is 4. The second-order valence-corrected chi connectivity index (χ2v) is 3.01. The molecule has 0 aromatic heterocycles. The molecule has 1 fully saturated rings. The van der Waals surface area contributed by atoms with Crippen molar-refractivity contribution in [1.29, 1.82) is 0 Å². The molecule has 5 heteroatoms. The number of aliphatic carboxylic acids is 1. The lowest BCUT2D eigenvalue weighted by Crippen LogP contribution is -2.51. The van der Waals surface area contributed by atoms with Gasteiger partial charge in [-0.05, 0) is 19.3 Å². The quantitative estimate of drug-likeness (QED) is 0.400. The Bertz CT molecular complexity index is 171. The van der Waals surface area contributed by atoms with Crippen LogP contribution in [0.3, 0.4) is 0 Å². The maximum Gasteiger partial charge on any atom is 0.320 e. The van der Waals surface area contributed by atoms with Crippen molar-refractivity contribution in [1.82, 2.24) is 5.32 Å². The molecule has 5 nitrogen and oxygen atoms in total. The molecule has 1 aliphatic rings. The summed E-state index contributed by atoms with van der Waals surface area (Å²) < 4.78 is 0. The van der Waals surface area contributed by atoms with Crippen LogP contribution in [0, 0.1) is 0 Å². The highest BCUT2D eigenvalue weighted by Gasteiger charge is 2.28. The van der Waals surface area contributed by atoms with Crippen molar-refractivity contribution in [2.24, 2.45) is 0 Å². The van der Waals surface area contributed by atoms with Crippen LogP contribution in [0.5, 0.6) is 0 Å². The van der Waals surface area contributed by atoms with Crippen molar-refractivity contribution >= 4 is 5.97 Å². The number of rotatable bonds is 2. The number of aliphatic hydroxyl groups excluding tert-OH is 1. The molecule has 0 bridgehead atoms. The molecule has 1 saturated heterocycles. The van der Waals surface area contributed by atoms with Crippen molar-refractivity contribution in [2.45, 2.75) is 37.6 Å². The molecule has 0 spiro atoms. The normalized spacial score (nSPS) is 30.6. The summed E-state index contributed by atoms with van der Waals surface area (Å²) in [6, 6.07) is -1.13. The minimum atomic E-state index is -1.47. The van der Waals surface area contributed by atoms with Gasteiger partial charge in [-0.25, -0.2) is 0 Å². The van der Waals surface area contributed by atoms with Crippen LogP contribution in [0.25, 0.3) is 0 Å². The summed E-state index contributed by atoms with van der Waals surface area (Å²) in [5, 5.41) is 28.8. The van der Waals surface area contributed by atoms with Gasteiger partial charge in [0.05, 0.1) is 6.04 Å². The second kappa shape index (κ2) is 3.84. The number of nitrogens with one attached hydrogen (secondary N) is 1. The van der Waals surface area contributed by atoms with Gasteiger partial charge < -0.3 is 15.3 Å². The zero-order valence-electron chi connectivity index (χ0n) is 6.60. The highest BCUT2D eigenvalue weighted by Crippen LogP contribution is 2.14. The van der Waals surface area contributed by atoms with Gasteiger partial charge in [-0.3, -0.25) is 10.1 Å². The molecule has 2 atom stereocenters. The number of hydrogen-bond acceptors (Lipinski definition) is 4. The van der Waals surface area contributed by atoms with Crippen molar-refractivity contribution < 1.29 is 20.1 Å². The van der Waals surface area contributed by atoms with E-state index in [1.807, 2.05) is 0 Å². The van der Waals surface area contributed by atoms with Gasteiger partial charge in [-0.15, -0.1) is 0 Å². The molecule has 12 heavy (non-hydrogen) atoms. The largest absolute Gasteiger partial charge is 0.480 e. The minimum absolute atomic E-state index is 0.500. The zero-order chi connectivity index (χ0) is 9.14. The molecule has 0 aromatic carbocycles. The van der Waals surface area contributed by atoms with E-state index in [-0.39, 0.29) is 0 Å². The molecule has 0 radical (unpaired) electrons. The Labute approximate surface area is 70.0 Å². The maximum atomic E-state index is 10.5. The molecule has 1 heterocycles. The van der Waals surface area contributed by atoms with Crippen LogP contribution in [-0.4, -0.2) is 39.7 Å². The van der Waals surface area contributed by atoms with Gasteiger partial charge in [0.25, 0.3) is 0 Å². The molecule has 0 aliphatic carbocycles. The predicted molar refractivity (Wildman–Crippen MR) is 40.4 cm³/mol. The first-order valence-corrected chi connectivity index (χ1v) is 3.96. The summed E-state index contributed by atoms with van der Waals surface area (Å²) in [5.41, 5.74) is 0. The van der Waals surface area contributed by atoms with Gasteiger partial charge in [-0.2, -0.15) is 0 Å². The van der Waals surface area contributed by atoms with Crippen LogP contribution < -0.4 is 5.32 Å². The third-order valence-electron chi connectivity index (χ3n) is 2.08. The first-order valence-electron chi connectivity index (χ1n) is 3.96. The summed E-state index contributed by atoms with van der Waals surface area (Å²) in [6.07, 6.45) is 0.416. The topological polar surface area (TPSA) is 89.8 Å². The van der Waals surface area contributed by atoms with Gasteiger partial charge in [0.2, 0.25) is 0 Å². The van der Waals surface area contributed by atoms with E-state index < -0.39 is 24.3 Å². The summed E-state index contributed by atoms with van der Waals surface area (Å²) >= 11 is 0. The van der Waals surface area contributed by atoms with Crippen LogP contribution >= 0.6 is 0 Å².